The van der Waals surface area contributed by atoms with Crippen LogP contribution in [0, 0.1) is 0 Å². The molecule has 0 heterocycles. The highest BCUT2D eigenvalue weighted by molar-refractivity contribution is 5.68. The van der Waals surface area contributed by atoms with Crippen molar-refractivity contribution in [1.82, 2.24) is 0 Å². The molecule has 0 saturated carbocycles. The van der Waals surface area contributed by atoms with Gasteiger partial charge in [0.05, 0.1) is 6.42 Å². The van der Waals surface area contributed by atoms with Crippen molar-refractivity contribution in [3.8, 4) is 0 Å². The maximum Gasteiger partial charge on any atom is 0.307 e. The van der Waals surface area contributed by atoms with E-state index in [0.717, 1.165) is 31.3 Å². The predicted molar refractivity (Wildman–Crippen MR) is 109 cm³/mol. The van der Waals surface area contributed by atoms with Gasteiger partial charge in [0, 0.05) is 0 Å². The minimum atomic E-state index is -0.762. The van der Waals surface area contributed by atoms with E-state index in [1.807, 2.05) is 19.9 Å². The maximum atomic E-state index is 10.2. The van der Waals surface area contributed by atoms with Gasteiger partial charge in [-0.3, -0.25) is 9.59 Å². The summed E-state index contributed by atoms with van der Waals surface area (Å²) in [5.74, 6) is -0.762. The van der Waals surface area contributed by atoms with Crippen LogP contribution in [0.4, 0.5) is 0 Å². The molecular formula is C22H36O4. The molecule has 0 bridgehead atoms. The molecule has 1 N–H and O–H groups in total. The molecule has 0 saturated heterocycles. The van der Waals surface area contributed by atoms with Gasteiger partial charge in [0.15, 0.2) is 0 Å². The van der Waals surface area contributed by atoms with E-state index >= 15 is 0 Å². The first-order valence-electron chi connectivity index (χ1n) is 9.04. The van der Waals surface area contributed by atoms with Crippen LogP contribution in [0.1, 0.15) is 73.6 Å². The van der Waals surface area contributed by atoms with Gasteiger partial charge in [0.25, 0.3) is 6.47 Å². The highest BCUT2D eigenvalue weighted by atomic mass is 16.5. The summed E-state index contributed by atoms with van der Waals surface area (Å²) in [6, 6.07) is 0. The van der Waals surface area contributed by atoms with Crippen molar-refractivity contribution in [2.75, 3.05) is 6.61 Å². The van der Waals surface area contributed by atoms with Gasteiger partial charge in [-0.25, -0.2) is 0 Å². The van der Waals surface area contributed by atoms with E-state index in [2.05, 4.69) is 44.6 Å². The van der Waals surface area contributed by atoms with Gasteiger partial charge in [-0.05, 0) is 73.3 Å². The third kappa shape index (κ3) is 24.2. The van der Waals surface area contributed by atoms with E-state index in [9.17, 15) is 9.59 Å². The van der Waals surface area contributed by atoms with Crippen LogP contribution in [0.25, 0.3) is 0 Å². The fraction of sp³-hybridized carbons (Fsp3) is 0.545. The van der Waals surface area contributed by atoms with Crippen molar-refractivity contribution in [1.29, 1.82) is 0 Å². The Morgan fingerprint density at radius 1 is 0.808 bits per heavy atom. The summed E-state index contributed by atoms with van der Waals surface area (Å²) in [5.41, 5.74) is 5.07. The predicted octanol–water partition coefficient (Wildman–Crippen LogP) is 6.01. The largest absolute Gasteiger partial charge is 0.481 e. The maximum absolute atomic E-state index is 10.2. The van der Waals surface area contributed by atoms with Gasteiger partial charge < -0.3 is 9.84 Å². The molecule has 148 valence electrons. The average Bonchev–Trinajstić information content (AvgIpc) is 2.53. The standard InChI is InChI=1S/2C11H18O2/c1-10(2)5-4-6-11(3)7-8-13-9-12;1-9(2)5-4-6-10(3)7-8-11(12)13/h5,7,9H,4,6,8H2,1-3H3;5,7H,4,6,8H2,1-3H3,(H,12,13)/b11-7+;10-7+. The second kappa shape index (κ2) is 17.7. The van der Waals surface area contributed by atoms with E-state index in [1.165, 1.54) is 16.7 Å². The molecule has 0 spiro atoms. The third-order valence-corrected chi connectivity index (χ3v) is 3.40. The van der Waals surface area contributed by atoms with Crippen LogP contribution in [0.2, 0.25) is 0 Å². The van der Waals surface area contributed by atoms with E-state index in [1.54, 1.807) is 6.08 Å². The van der Waals surface area contributed by atoms with Crippen molar-refractivity contribution in [3.05, 3.63) is 46.6 Å². The molecule has 26 heavy (non-hydrogen) atoms. The molecule has 0 aromatic heterocycles. The summed E-state index contributed by atoms with van der Waals surface area (Å²) in [4.78, 5) is 20.1. The highest BCUT2D eigenvalue weighted by Crippen LogP contribution is 2.07. The summed E-state index contributed by atoms with van der Waals surface area (Å²) < 4.78 is 4.56. The Balaban J connectivity index is 0. The SMILES string of the molecule is CC(C)=CCC/C(C)=C/CC(=O)O.CC(C)=CCC/C(C)=C/COC=O. The number of carbonyl (C=O) groups is 2. The van der Waals surface area contributed by atoms with Gasteiger partial charge in [0.2, 0.25) is 0 Å². The first-order valence-corrected chi connectivity index (χ1v) is 9.04. The van der Waals surface area contributed by atoms with Crippen molar-refractivity contribution < 1.29 is 19.4 Å². The molecule has 0 atom stereocenters. The molecule has 0 aromatic carbocycles. The van der Waals surface area contributed by atoms with Crippen molar-refractivity contribution in [2.24, 2.45) is 0 Å². The molecule has 0 aliphatic rings. The fourth-order valence-electron chi connectivity index (χ4n) is 1.87. The van der Waals surface area contributed by atoms with E-state index in [0.29, 0.717) is 13.1 Å². The molecule has 4 nitrogen and oxygen atoms in total. The molecule has 0 unspecified atom stereocenters. The first kappa shape index (κ1) is 26.1. The zero-order valence-corrected chi connectivity index (χ0v) is 17.3. The normalized spacial score (nSPS) is 11.0. The quantitative estimate of drug-likeness (QED) is 0.277. The topological polar surface area (TPSA) is 63.6 Å². The average molecular weight is 365 g/mol. The zero-order chi connectivity index (χ0) is 20.4. The summed E-state index contributed by atoms with van der Waals surface area (Å²) in [5, 5.41) is 8.42. The number of ether oxygens (including phenoxy) is 1. The van der Waals surface area contributed by atoms with Gasteiger partial charge in [-0.15, -0.1) is 0 Å². The minimum Gasteiger partial charge on any atom is -0.481 e. The first-order chi connectivity index (χ1) is 12.2. The van der Waals surface area contributed by atoms with Crippen LogP contribution in [0.5, 0.6) is 0 Å². The number of carbonyl (C=O) groups excluding carboxylic acids is 1. The lowest BCUT2D eigenvalue weighted by atomic mass is 10.1. The summed E-state index contributed by atoms with van der Waals surface area (Å²) >= 11 is 0. The van der Waals surface area contributed by atoms with Crippen molar-refractivity contribution >= 4 is 12.4 Å². The summed E-state index contributed by atoms with van der Waals surface area (Å²) in [7, 11) is 0. The van der Waals surface area contributed by atoms with Crippen LogP contribution in [0.3, 0.4) is 0 Å². The molecule has 0 aliphatic heterocycles. The Bertz CT molecular complexity index is 514. The number of hydrogen-bond donors (Lipinski definition) is 1. The Hall–Kier alpha value is -2.10. The number of hydrogen-bond acceptors (Lipinski definition) is 3. The Labute approximate surface area is 159 Å². The minimum absolute atomic E-state index is 0.140. The summed E-state index contributed by atoms with van der Waals surface area (Å²) in [6.45, 7) is 13.2. The van der Waals surface area contributed by atoms with Crippen LogP contribution in [-0.2, 0) is 14.3 Å². The van der Waals surface area contributed by atoms with E-state index in [4.69, 9.17) is 5.11 Å². The number of rotatable bonds is 11. The second-order valence-electron chi connectivity index (χ2n) is 6.77. The number of aliphatic carboxylic acids is 1. The molecule has 0 aromatic rings. The number of carboxylic acids is 1. The van der Waals surface area contributed by atoms with Gasteiger partial charge in [-0.1, -0.05) is 40.5 Å². The fourth-order valence-corrected chi connectivity index (χ4v) is 1.87. The molecule has 0 radical (unpaired) electrons. The van der Waals surface area contributed by atoms with E-state index in [-0.39, 0.29) is 6.42 Å². The Kier molecular flexibility index (Phi) is 17.8. The Morgan fingerprint density at radius 2 is 1.27 bits per heavy atom. The lowest BCUT2D eigenvalue weighted by molar-refractivity contribution is -0.136. The molecular weight excluding hydrogens is 328 g/mol. The molecule has 4 heteroatoms. The molecule has 0 aliphatic carbocycles. The second-order valence-corrected chi connectivity index (χ2v) is 6.77. The smallest absolute Gasteiger partial charge is 0.307 e. The lowest BCUT2D eigenvalue weighted by Gasteiger charge is -1.98. The van der Waals surface area contributed by atoms with E-state index < -0.39 is 5.97 Å². The van der Waals surface area contributed by atoms with Gasteiger partial charge in [0.1, 0.15) is 6.61 Å². The van der Waals surface area contributed by atoms with Crippen LogP contribution < -0.4 is 0 Å². The van der Waals surface area contributed by atoms with Crippen LogP contribution >= 0.6 is 0 Å². The molecule has 0 fully saturated rings. The third-order valence-electron chi connectivity index (χ3n) is 3.40. The number of allylic oxidation sites excluding steroid dienone is 6. The van der Waals surface area contributed by atoms with Crippen molar-refractivity contribution in [3.63, 3.8) is 0 Å². The number of carboxylic acid groups (broad SMARTS) is 1. The lowest BCUT2D eigenvalue weighted by Crippen LogP contribution is -1.91. The Morgan fingerprint density at radius 3 is 1.65 bits per heavy atom. The van der Waals surface area contributed by atoms with Gasteiger partial charge in [-0.2, -0.15) is 0 Å². The van der Waals surface area contributed by atoms with Gasteiger partial charge >= 0.3 is 5.97 Å². The summed E-state index contributed by atoms with van der Waals surface area (Å²) in [6.07, 6.45) is 12.3. The van der Waals surface area contributed by atoms with Crippen LogP contribution in [0.15, 0.2) is 46.6 Å². The highest BCUT2D eigenvalue weighted by Gasteiger charge is 1.93. The molecule has 0 rings (SSSR count). The zero-order valence-electron chi connectivity index (χ0n) is 17.3. The van der Waals surface area contributed by atoms with Crippen LogP contribution in [-0.4, -0.2) is 24.2 Å². The molecule has 0 amide bonds. The monoisotopic (exact) mass is 364 g/mol. The van der Waals surface area contributed by atoms with Crippen molar-refractivity contribution in [2.45, 2.75) is 73.6 Å².